The van der Waals surface area contributed by atoms with Gasteiger partial charge in [0.1, 0.15) is 50.2 Å². The van der Waals surface area contributed by atoms with Gasteiger partial charge in [-0.05, 0) is 104 Å². The highest BCUT2D eigenvalue weighted by molar-refractivity contribution is 7.99. The Morgan fingerprint density at radius 1 is 0.556 bits per heavy atom. The number of carboxylic acids is 1. The Morgan fingerprint density at radius 3 is 1.20 bits per heavy atom. The topological polar surface area (TPSA) is 367 Å². The van der Waals surface area contributed by atoms with Gasteiger partial charge in [0, 0.05) is 26.4 Å². The van der Waals surface area contributed by atoms with Crippen molar-refractivity contribution in [1.82, 2.24) is 10.6 Å². The van der Waals surface area contributed by atoms with Gasteiger partial charge in [-0.2, -0.15) is 23.5 Å². The van der Waals surface area contributed by atoms with Gasteiger partial charge in [0.05, 0.1) is 12.1 Å². The molecule has 0 saturated carbocycles. The van der Waals surface area contributed by atoms with Crippen LogP contribution in [0.1, 0.15) is 77.6 Å². The molecule has 0 aromatic heterocycles. The first-order valence-corrected chi connectivity index (χ1v) is 35.3. The number of azide groups is 2. The van der Waals surface area contributed by atoms with Crippen LogP contribution < -0.4 is 32.3 Å². The van der Waals surface area contributed by atoms with Crippen molar-refractivity contribution in [3.8, 4) is 0 Å². The molecule has 528 valence electrons. The number of amides is 1. The molecule has 1 aliphatic rings. The second-order valence-electron chi connectivity index (χ2n) is 22.8. The van der Waals surface area contributed by atoms with Crippen molar-refractivity contribution in [3.05, 3.63) is 255 Å². The summed E-state index contributed by atoms with van der Waals surface area (Å²) in [5, 5.41) is 43.4. The summed E-state index contributed by atoms with van der Waals surface area (Å²) in [6, 6.07) is 66.4. The molecule has 1 heterocycles. The number of aliphatic hydroxyl groups excluding tert-OH is 2. The number of hydrogen-bond donors (Lipinski definition) is 6. The van der Waals surface area contributed by atoms with E-state index in [1.165, 1.54) is 41.5 Å². The normalized spacial score (nSPS) is 14.8. The molecule has 1 saturated heterocycles. The maximum absolute atomic E-state index is 11.6. The number of hydrogen-bond acceptors (Lipinski definition) is 19. The van der Waals surface area contributed by atoms with Gasteiger partial charge in [0.2, 0.25) is 0 Å². The Kier molecular flexibility index (Phi) is 39.8. The molecule has 7 N–H and O–H groups in total. The summed E-state index contributed by atoms with van der Waals surface area (Å²) in [6.07, 6.45) is 0.497. The second kappa shape index (κ2) is 46.9. The molecule has 0 radical (unpaired) electrons. The van der Waals surface area contributed by atoms with E-state index in [4.69, 9.17) is 45.6 Å². The molecule has 26 heteroatoms. The van der Waals surface area contributed by atoms with Crippen LogP contribution in [0.4, 0.5) is 4.79 Å². The van der Waals surface area contributed by atoms with E-state index in [9.17, 15) is 39.0 Å². The Morgan fingerprint density at radius 2 is 0.889 bits per heavy atom. The first-order valence-electron chi connectivity index (χ1n) is 31.4. The van der Waals surface area contributed by atoms with Crippen LogP contribution in [0.15, 0.2) is 223 Å². The van der Waals surface area contributed by atoms with E-state index < -0.39 is 73.9 Å². The minimum Gasteiger partial charge on any atom is -0.480 e. The van der Waals surface area contributed by atoms with Crippen molar-refractivity contribution in [1.29, 1.82) is 0 Å². The predicted molar refractivity (Wildman–Crippen MR) is 390 cm³/mol. The number of aliphatic carboxylic acids is 1. The summed E-state index contributed by atoms with van der Waals surface area (Å²) in [5.41, 5.74) is 25.2. The van der Waals surface area contributed by atoms with Crippen molar-refractivity contribution in [3.63, 3.8) is 0 Å². The molecule has 99 heavy (non-hydrogen) atoms. The molecule has 7 aromatic carbocycles. The highest BCUT2D eigenvalue weighted by Gasteiger charge is 2.39. The number of ether oxygens (including phenoxy) is 5. The van der Waals surface area contributed by atoms with E-state index in [1.54, 1.807) is 70.0 Å². The zero-order chi connectivity index (χ0) is 73.1. The smallest absolute Gasteiger partial charge is 0.408 e. The minimum absolute atomic E-state index is 0.0725. The van der Waals surface area contributed by atoms with Crippen LogP contribution in [0.5, 0.6) is 0 Å². The molecule has 0 spiro atoms. The number of nitrogens with one attached hydrogen (secondary N) is 2. The van der Waals surface area contributed by atoms with E-state index in [1.807, 2.05) is 117 Å². The van der Waals surface area contributed by atoms with Gasteiger partial charge in [-0.25, -0.2) is 14.4 Å². The lowest BCUT2D eigenvalue weighted by Crippen LogP contribution is -2.48. The molecule has 0 bridgehead atoms. The van der Waals surface area contributed by atoms with Crippen LogP contribution >= 0.6 is 31.4 Å². The Balaban J connectivity index is 0.000000310. The van der Waals surface area contributed by atoms with Crippen molar-refractivity contribution < 1.29 is 67.8 Å². The number of benzene rings is 7. The fourth-order valence-electron chi connectivity index (χ4n) is 7.98. The van der Waals surface area contributed by atoms with Crippen molar-refractivity contribution in [2.75, 3.05) is 12.5 Å². The molecule has 0 aliphatic carbocycles. The maximum Gasteiger partial charge on any atom is 0.408 e. The third-order valence-corrected chi connectivity index (χ3v) is 18.3. The molecular weight excluding hydrogens is 1320 g/mol. The molecule has 1 aliphatic heterocycles. The summed E-state index contributed by atoms with van der Waals surface area (Å²) < 4.78 is 25.1. The van der Waals surface area contributed by atoms with Gasteiger partial charge in [-0.3, -0.25) is 19.7 Å². The summed E-state index contributed by atoms with van der Waals surface area (Å²) in [6.45, 7) is 14.4. The van der Waals surface area contributed by atoms with Crippen molar-refractivity contribution >= 4 is 83.3 Å². The van der Waals surface area contributed by atoms with E-state index in [0.717, 1.165) is 22.3 Å². The van der Waals surface area contributed by atoms with Gasteiger partial charge in [-0.1, -0.05) is 243 Å². The average Bonchev–Trinajstić information content (AvgIpc) is 1.50. The predicted octanol–water partition coefficient (Wildman–Crippen LogP) is 11.6. The lowest BCUT2D eigenvalue weighted by Gasteiger charge is -2.24. The van der Waals surface area contributed by atoms with E-state index in [0.29, 0.717) is 6.61 Å². The number of nitrogens with two attached hydrogens (primary N) is 1. The molecule has 1 amide bonds. The van der Waals surface area contributed by atoms with E-state index >= 15 is 0 Å². The molecule has 23 nitrogen and oxygen atoms in total. The molecule has 0 unspecified atom stereocenters. The lowest BCUT2D eigenvalue weighted by atomic mass is 10.2. The van der Waals surface area contributed by atoms with E-state index in [2.05, 4.69) is 122 Å². The first kappa shape index (κ1) is 84.0. The fourth-order valence-corrected chi connectivity index (χ4v) is 11.1. The van der Waals surface area contributed by atoms with Crippen molar-refractivity contribution in [2.45, 2.75) is 146 Å². The molecule has 10 atom stereocenters. The maximum atomic E-state index is 11.6. The highest BCUT2D eigenvalue weighted by Crippen LogP contribution is 2.32. The van der Waals surface area contributed by atoms with Crippen LogP contribution in [0.25, 0.3) is 20.9 Å². The number of nitrogens with zero attached hydrogens (tertiary/aromatic N) is 6. The SMILES string of the molecule is CS[C@@H](C)[C@H](N)C(=O)OCc1ccccc1.CS[C@@H](C)[C@H](NC(=O)OC(C)(C)C)C(=O)O.C[C@@H](N=[N+]=[N-])[C@@H](O)C(=O)OCc1ccccc1.C[C@@H]1N[C@@H]1C(=O)OCc1ccccc1.C[C@H](O)[C@H](N=[N+]=[N-])C(=O)OCc1ccccc1.c1ccc(P(c2ccccc2)c2ccccc2)cc1. The summed E-state index contributed by atoms with van der Waals surface area (Å²) in [7, 11) is -0.446. The van der Waals surface area contributed by atoms with Crippen LogP contribution in [0.3, 0.4) is 0 Å². The van der Waals surface area contributed by atoms with Gasteiger partial charge in [0.15, 0.2) is 12.1 Å². The third kappa shape index (κ3) is 34.2. The van der Waals surface area contributed by atoms with Gasteiger partial charge in [-0.15, -0.1) is 0 Å². The van der Waals surface area contributed by atoms with Crippen LogP contribution in [0.2, 0.25) is 0 Å². The second-order valence-corrected chi connectivity index (χ2v) is 27.4. The zero-order valence-electron chi connectivity index (χ0n) is 57.2. The van der Waals surface area contributed by atoms with Gasteiger partial charge >= 0.3 is 35.9 Å². The highest BCUT2D eigenvalue weighted by atomic mass is 32.2. The molecular formula is C73H90N9O14PS2. The summed E-state index contributed by atoms with van der Waals surface area (Å²) in [5.74, 6) is -3.09. The third-order valence-electron chi connectivity index (χ3n) is 13.8. The number of esters is 4. The number of aliphatic hydroxyl groups is 2. The number of carboxylic acid groups (broad SMARTS) is 1. The summed E-state index contributed by atoms with van der Waals surface area (Å²) >= 11 is 2.93. The number of rotatable bonds is 25. The van der Waals surface area contributed by atoms with E-state index in [-0.39, 0.29) is 54.3 Å². The van der Waals surface area contributed by atoms with Crippen LogP contribution in [-0.4, -0.2) is 128 Å². The first-order chi connectivity index (χ1) is 47.3. The number of thioether (sulfide) groups is 2. The number of carbonyl (C=O) groups excluding carboxylic acids is 5. The van der Waals surface area contributed by atoms with Crippen molar-refractivity contribution in [2.24, 2.45) is 16.0 Å². The zero-order valence-corrected chi connectivity index (χ0v) is 59.7. The monoisotopic (exact) mass is 1410 g/mol. The average molecular weight is 1410 g/mol. The summed E-state index contributed by atoms with van der Waals surface area (Å²) in [4.78, 5) is 73.1. The number of carbonyl (C=O) groups is 6. The Bertz CT molecular complexity index is 3480. The van der Waals surface area contributed by atoms with Gasteiger partial charge < -0.3 is 50.1 Å². The van der Waals surface area contributed by atoms with Gasteiger partial charge in [0.25, 0.3) is 0 Å². The molecule has 8 rings (SSSR count). The molecule has 7 aromatic rings. The largest absolute Gasteiger partial charge is 0.480 e. The lowest BCUT2D eigenvalue weighted by molar-refractivity contribution is -0.155. The van der Waals surface area contributed by atoms with Crippen LogP contribution in [-0.2, 0) is 74.1 Å². The molecule has 1 fully saturated rings. The van der Waals surface area contributed by atoms with Crippen LogP contribution in [0, 0.1) is 0 Å². The Hall–Kier alpha value is -9.25. The fraction of sp³-hybridized carbons (Fsp3) is 0.342. The number of alkyl carbamates (subject to hydrolysis) is 1. The Labute approximate surface area is 588 Å². The quantitative estimate of drug-likeness (QED) is 0.00589. The minimum atomic E-state index is -1.44. The standard InChI is InChI=1S/C18H15P.C12H17NO2S.2C11H13N3O3.C11H13NO2.C10H19NO4S/c1-4-10-16(11-5-1)19(17-12-6-2-7-13-17)18-14-8-3-9-15-18;1-9(16-2)11(13)12(14)15-8-10-6-4-3-5-7-10;1-8(15)10(13-14-12)11(16)17-7-9-5-3-2-4-6-9;1-8(13-14-12)10(15)11(16)17-7-9-5-3-2-4-6-9;1-8-10(12-8)11(13)14-7-9-5-3-2-4-6-9;1-6(16-5)7(8(12)13)11-9(14)15-10(2,3)4/h1-15H;3-7,9,11H,8,13H2,1-2H3;2*2-6,8,10,15H,7H2,1H3;2-6,8,10,12H,7H2,1H3;6-7H,1-5H3,(H,11,14)(H,12,13)/t;9-,11-;3*8-,10-;6-,7-/m.00100/s1.